The van der Waals surface area contributed by atoms with E-state index >= 15 is 0 Å². The van der Waals surface area contributed by atoms with Gasteiger partial charge in [-0.05, 0) is 6.42 Å². The normalized spacial score (nSPS) is 9.20. The summed E-state index contributed by atoms with van der Waals surface area (Å²) in [5.41, 5.74) is 1.05. The fourth-order valence-electron chi connectivity index (χ4n) is 0.729. The molecule has 1 rings (SSSR count). The van der Waals surface area contributed by atoms with Gasteiger partial charge in [-0.25, -0.2) is 4.98 Å². The number of aryl methyl sites for hydroxylation is 1. The van der Waals surface area contributed by atoms with Crippen molar-refractivity contribution in [2.75, 3.05) is 0 Å². The highest BCUT2D eigenvalue weighted by Crippen LogP contribution is 2.09. The van der Waals surface area contributed by atoms with Gasteiger partial charge in [0.25, 0.3) is 0 Å². The number of nitrogens with zero attached hydrogens (tertiary/aromatic N) is 2. The molecule has 0 atom stereocenters. The Hall–Kier alpha value is -0.880. The van der Waals surface area contributed by atoms with Gasteiger partial charge in [-0.1, -0.05) is 13.3 Å². The van der Waals surface area contributed by atoms with E-state index in [0.717, 1.165) is 18.5 Å². The lowest BCUT2D eigenvalue weighted by atomic mass is 10.3. The maximum absolute atomic E-state index is 8.42. The summed E-state index contributed by atoms with van der Waals surface area (Å²) in [6.45, 7) is 2.10. The van der Waals surface area contributed by atoms with E-state index in [9.17, 15) is 0 Å². The molecule has 0 radical (unpaired) electrons. The number of hydrogen-bond acceptors (Lipinski definition) is 3. The van der Waals surface area contributed by atoms with Crippen LogP contribution in [0.25, 0.3) is 0 Å². The number of rotatable bonds is 2. The van der Waals surface area contributed by atoms with E-state index in [0.29, 0.717) is 5.01 Å². The molecular formula is C7H8N2S. The van der Waals surface area contributed by atoms with Crippen LogP contribution >= 0.6 is 11.3 Å². The second kappa shape index (κ2) is 3.33. The van der Waals surface area contributed by atoms with Crippen molar-refractivity contribution < 1.29 is 0 Å². The Balaban J connectivity index is 2.71. The van der Waals surface area contributed by atoms with Crippen LogP contribution in [0.2, 0.25) is 0 Å². The average Bonchev–Trinajstić information content (AvgIpc) is 2.37. The zero-order chi connectivity index (χ0) is 7.40. The Morgan fingerprint density at radius 1 is 1.80 bits per heavy atom. The second-order valence-corrected chi connectivity index (χ2v) is 2.86. The van der Waals surface area contributed by atoms with E-state index in [1.165, 1.54) is 11.3 Å². The Kier molecular flexibility index (Phi) is 2.41. The summed E-state index contributed by atoms with van der Waals surface area (Å²) in [4.78, 5) is 4.08. The van der Waals surface area contributed by atoms with E-state index < -0.39 is 0 Å². The minimum absolute atomic E-state index is 0.573. The first-order chi connectivity index (χ1) is 4.86. The summed E-state index contributed by atoms with van der Waals surface area (Å²) in [5, 5.41) is 10.9. The Morgan fingerprint density at radius 2 is 2.60 bits per heavy atom. The van der Waals surface area contributed by atoms with Crippen LogP contribution < -0.4 is 0 Å². The first kappa shape index (κ1) is 7.23. The zero-order valence-corrected chi connectivity index (χ0v) is 6.61. The predicted molar refractivity (Wildman–Crippen MR) is 40.8 cm³/mol. The molecule has 3 heteroatoms. The smallest absolute Gasteiger partial charge is 0.194 e. The van der Waals surface area contributed by atoms with Crippen LogP contribution in [-0.4, -0.2) is 4.98 Å². The van der Waals surface area contributed by atoms with Gasteiger partial charge in [0, 0.05) is 5.38 Å². The molecule has 0 unspecified atom stereocenters. The summed E-state index contributed by atoms with van der Waals surface area (Å²) >= 11 is 1.42. The van der Waals surface area contributed by atoms with Crippen molar-refractivity contribution in [1.82, 2.24) is 4.98 Å². The first-order valence-corrected chi connectivity index (χ1v) is 4.09. The highest BCUT2D eigenvalue weighted by molar-refractivity contribution is 7.10. The van der Waals surface area contributed by atoms with E-state index in [1.54, 1.807) is 0 Å². The molecule has 0 amide bonds. The van der Waals surface area contributed by atoms with Crippen LogP contribution in [0.3, 0.4) is 0 Å². The number of hydrogen-bond donors (Lipinski definition) is 0. The van der Waals surface area contributed by atoms with Crippen LogP contribution in [0.4, 0.5) is 0 Å². The van der Waals surface area contributed by atoms with Crippen molar-refractivity contribution in [2.24, 2.45) is 0 Å². The molecule has 0 spiro atoms. The van der Waals surface area contributed by atoms with E-state index in [1.807, 2.05) is 11.4 Å². The third kappa shape index (κ3) is 1.55. The van der Waals surface area contributed by atoms with Gasteiger partial charge in [-0.3, -0.25) is 0 Å². The van der Waals surface area contributed by atoms with E-state index in [4.69, 9.17) is 5.26 Å². The lowest BCUT2D eigenvalue weighted by Gasteiger charge is -1.85. The minimum Gasteiger partial charge on any atom is -0.231 e. The van der Waals surface area contributed by atoms with Crippen molar-refractivity contribution in [3.63, 3.8) is 0 Å². The zero-order valence-electron chi connectivity index (χ0n) is 5.79. The molecule has 52 valence electrons. The van der Waals surface area contributed by atoms with Crippen molar-refractivity contribution in [3.05, 3.63) is 16.1 Å². The Morgan fingerprint density at radius 3 is 3.10 bits per heavy atom. The third-order valence-corrected chi connectivity index (χ3v) is 1.95. The second-order valence-electron chi connectivity index (χ2n) is 2.01. The fourth-order valence-corrected chi connectivity index (χ4v) is 1.37. The molecule has 0 saturated carbocycles. The molecule has 1 heterocycles. The molecule has 0 saturated heterocycles. The molecule has 0 N–H and O–H groups in total. The molecule has 10 heavy (non-hydrogen) atoms. The summed E-state index contributed by atoms with van der Waals surface area (Å²) in [7, 11) is 0. The summed E-state index contributed by atoms with van der Waals surface area (Å²) in [5.74, 6) is 0. The topological polar surface area (TPSA) is 36.7 Å². The standard InChI is InChI=1S/C7H8N2S/c1-2-3-6-5-10-7(4-8)9-6/h5H,2-3H2,1H3. The summed E-state index contributed by atoms with van der Waals surface area (Å²) in [6, 6.07) is 2.01. The quantitative estimate of drug-likeness (QED) is 0.649. The third-order valence-electron chi connectivity index (χ3n) is 1.15. The van der Waals surface area contributed by atoms with E-state index in [2.05, 4.69) is 11.9 Å². The predicted octanol–water partition coefficient (Wildman–Crippen LogP) is 1.97. The van der Waals surface area contributed by atoms with Crippen LogP contribution in [-0.2, 0) is 6.42 Å². The molecule has 0 aliphatic rings. The summed E-state index contributed by atoms with van der Waals surface area (Å²) < 4.78 is 0. The van der Waals surface area contributed by atoms with Crippen LogP contribution in [0.5, 0.6) is 0 Å². The monoisotopic (exact) mass is 152 g/mol. The molecule has 0 fully saturated rings. The number of thiazole rings is 1. The molecule has 2 nitrogen and oxygen atoms in total. The molecule has 0 aliphatic carbocycles. The molecule has 1 aromatic heterocycles. The van der Waals surface area contributed by atoms with Crippen LogP contribution in [0, 0.1) is 11.3 Å². The van der Waals surface area contributed by atoms with Crippen molar-refractivity contribution in [2.45, 2.75) is 19.8 Å². The molecule has 0 aromatic carbocycles. The number of nitriles is 1. The highest BCUT2D eigenvalue weighted by atomic mass is 32.1. The maximum atomic E-state index is 8.42. The van der Waals surface area contributed by atoms with Gasteiger partial charge in [0.15, 0.2) is 5.01 Å². The van der Waals surface area contributed by atoms with Gasteiger partial charge in [0.05, 0.1) is 5.69 Å². The number of aromatic nitrogens is 1. The van der Waals surface area contributed by atoms with Gasteiger partial charge in [-0.15, -0.1) is 11.3 Å². The largest absolute Gasteiger partial charge is 0.231 e. The lowest BCUT2D eigenvalue weighted by Crippen LogP contribution is -1.81. The Bertz CT molecular complexity index is 246. The summed E-state index contributed by atoms with van der Waals surface area (Å²) in [6.07, 6.45) is 2.08. The van der Waals surface area contributed by atoms with E-state index in [-0.39, 0.29) is 0 Å². The van der Waals surface area contributed by atoms with Crippen LogP contribution in [0.15, 0.2) is 5.38 Å². The van der Waals surface area contributed by atoms with Gasteiger partial charge >= 0.3 is 0 Å². The van der Waals surface area contributed by atoms with Crippen molar-refractivity contribution >= 4 is 11.3 Å². The van der Waals surface area contributed by atoms with Gasteiger partial charge in [0.1, 0.15) is 6.07 Å². The maximum Gasteiger partial charge on any atom is 0.194 e. The van der Waals surface area contributed by atoms with Gasteiger partial charge in [0.2, 0.25) is 0 Å². The van der Waals surface area contributed by atoms with Gasteiger partial charge < -0.3 is 0 Å². The molecule has 0 bridgehead atoms. The van der Waals surface area contributed by atoms with Crippen molar-refractivity contribution in [3.8, 4) is 6.07 Å². The molecule has 1 aromatic rings. The Labute approximate surface area is 64.1 Å². The molecule has 0 aliphatic heterocycles. The van der Waals surface area contributed by atoms with Crippen LogP contribution in [0.1, 0.15) is 24.0 Å². The molecular weight excluding hydrogens is 144 g/mol. The first-order valence-electron chi connectivity index (χ1n) is 3.21. The lowest BCUT2D eigenvalue weighted by molar-refractivity contribution is 0.891. The van der Waals surface area contributed by atoms with Crippen molar-refractivity contribution in [1.29, 1.82) is 5.26 Å². The minimum atomic E-state index is 0.573. The fraction of sp³-hybridized carbons (Fsp3) is 0.429. The SMILES string of the molecule is CCCc1csc(C#N)n1. The highest BCUT2D eigenvalue weighted by Gasteiger charge is 1.97. The average molecular weight is 152 g/mol. The van der Waals surface area contributed by atoms with Gasteiger partial charge in [-0.2, -0.15) is 5.26 Å².